The van der Waals surface area contributed by atoms with E-state index in [1.807, 2.05) is 31.2 Å². The molecule has 6 heteroatoms. The second-order valence-corrected chi connectivity index (χ2v) is 6.77. The number of rotatable bonds is 8. The summed E-state index contributed by atoms with van der Waals surface area (Å²) in [5.41, 5.74) is 4.62. The predicted molar refractivity (Wildman–Crippen MR) is 118 cm³/mol. The van der Waals surface area contributed by atoms with Crippen LogP contribution in [0.4, 0.5) is 17.2 Å². The Morgan fingerprint density at radius 1 is 1.07 bits per heavy atom. The second kappa shape index (κ2) is 9.68. The molecule has 0 bridgehead atoms. The van der Waals surface area contributed by atoms with Crippen LogP contribution in [0, 0.1) is 6.92 Å². The van der Waals surface area contributed by atoms with Gasteiger partial charge in [0.05, 0.1) is 0 Å². The first-order valence-electron chi connectivity index (χ1n) is 9.86. The average molecular weight is 390 g/mol. The van der Waals surface area contributed by atoms with E-state index in [1.54, 1.807) is 30.7 Å². The van der Waals surface area contributed by atoms with E-state index in [0.717, 1.165) is 35.6 Å². The van der Waals surface area contributed by atoms with Crippen molar-refractivity contribution in [1.29, 1.82) is 0 Å². The molecule has 0 aliphatic carbocycles. The van der Waals surface area contributed by atoms with E-state index in [2.05, 4.69) is 45.4 Å². The lowest BCUT2D eigenvalue weighted by atomic mass is 10.1. The van der Waals surface area contributed by atoms with Crippen molar-refractivity contribution in [2.75, 3.05) is 28.6 Å². The summed E-state index contributed by atoms with van der Waals surface area (Å²) in [7, 11) is 0. The molecule has 29 heavy (non-hydrogen) atoms. The van der Waals surface area contributed by atoms with Crippen molar-refractivity contribution in [2.45, 2.75) is 27.3 Å². The van der Waals surface area contributed by atoms with Gasteiger partial charge in [0, 0.05) is 55.2 Å². The Morgan fingerprint density at radius 3 is 2.59 bits per heavy atom. The fourth-order valence-electron chi connectivity index (χ4n) is 3.13. The largest absolute Gasteiger partial charge is 0.372 e. The topological polar surface area (TPSA) is 70.2 Å². The molecule has 3 rings (SSSR count). The summed E-state index contributed by atoms with van der Waals surface area (Å²) in [5, 5.41) is 6.23. The van der Waals surface area contributed by atoms with Gasteiger partial charge in [0.1, 0.15) is 5.82 Å². The van der Waals surface area contributed by atoms with Crippen LogP contribution in [0.25, 0.3) is 0 Å². The van der Waals surface area contributed by atoms with Gasteiger partial charge in [-0.2, -0.15) is 0 Å². The summed E-state index contributed by atoms with van der Waals surface area (Å²) in [4.78, 5) is 23.4. The zero-order valence-electron chi connectivity index (χ0n) is 17.1. The second-order valence-electron chi connectivity index (χ2n) is 6.77. The summed E-state index contributed by atoms with van der Waals surface area (Å²) in [6.07, 6.45) is 5.17. The Labute approximate surface area is 172 Å². The number of aryl methyl sites for hydroxylation is 1. The van der Waals surface area contributed by atoms with E-state index in [9.17, 15) is 4.79 Å². The van der Waals surface area contributed by atoms with Crippen molar-refractivity contribution >= 4 is 23.1 Å². The molecule has 6 nitrogen and oxygen atoms in total. The summed E-state index contributed by atoms with van der Waals surface area (Å²) < 4.78 is 0. The number of carbonyl (C=O) groups excluding carboxylic acids is 1. The Morgan fingerprint density at radius 2 is 1.90 bits per heavy atom. The molecule has 2 heterocycles. The van der Waals surface area contributed by atoms with Crippen molar-refractivity contribution in [3.63, 3.8) is 0 Å². The fraction of sp³-hybridized carbons (Fsp3) is 0.261. The summed E-state index contributed by atoms with van der Waals surface area (Å²) in [5.74, 6) is 0.491. The van der Waals surface area contributed by atoms with Gasteiger partial charge in [-0.25, -0.2) is 4.98 Å². The lowest BCUT2D eigenvalue weighted by Gasteiger charge is -2.22. The number of carbonyl (C=O) groups is 1. The van der Waals surface area contributed by atoms with E-state index >= 15 is 0 Å². The molecule has 0 spiro atoms. The highest BCUT2D eigenvalue weighted by Gasteiger charge is 2.11. The number of anilines is 3. The van der Waals surface area contributed by atoms with Gasteiger partial charge in [0.25, 0.3) is 5.91 Å². The number of hydrogen-bond donors (Lipinski definition) is 2. The molecule has 0 atom stereocenters. The zero-order valence-corrected chi connectivity index (χ0v) is 17.1. The first-order valence-corrected chi connectivity index (χ1v) is 9.86. The number of amides is 1. The molecule has 2 aromatic heterocycles. The standard InChI is InChI=1S/C23H27N5O/c1-4-28(5-2)20-8-9-21(17(3)13-20)27-23(29)19-10-12-25-22(14-19)26-16-18-7-6-11-24-15-18/h6-15H,4-5,16H2,1-3H3,(H,25,26)(H,27,29). The smallest absolute Gasteiger partial charge is 0.255 e. The van der Waals surface area contributed by atoms with E-state index in [1.165, 1.54) is 0 Å². The number of hydrogen-bond acceptors (Lipinski definition) is 5. The lowest BCUT2D eigenvalue weighted by Crippen LogP contribution is -2.22. The third-order valence-electron chi connectivity index (χ3n) is 4.81. The zero-order chi connectivity index (χ0) is 20.6. The minimum Gasteiger partial charge on any atom is -0.372 e. The van der Waals surface area contributed by atoms with Crippen molar-refractivity contribution in [2.24, 2.45) is 0 Å². The van der Waals surface area contributed by atoms with Crippen LogP contribution in [-0.4, -0.2) is 29.0 Å². The van der Waals surface area contributed by atoms with Gasteiger partial charge < -0.3 is 15.5 Å². The van der Waals surface area contributed by atoms with Gasteiger partial charge in [0.2, 0.25) is 0 Å². The highest BCUT2D eigenvalue weighted by Crippen LogP contribution is 2.23. The molecule has 0 radical (unpaired) electrons. The maximum Gasteiger partial charge on any atom is 0.255 e. The van der Waals surface area contributed by atoms with E-state index < -0.39 is 0 Å². The predicted octanol–water partition coefficient (Wildman–Crippen LogP) is 4.50. The normalized spacial score (nSPS) is 10.4. The van der Waals surface area contributed by atoms with Crippen LogP contribution in [-0.2, 0) is 6.54 Å². The van der Waals surface area contributed by atoms with Gasteiger partial charge in [-0.3, -0.25) is 9.78 Å². The van der Waals surface area contributed by atoms with Crippen molar-refractivity contribution < 1.29 is 4.79 Å². The van der Waals surface area contributed by atoms with Gasteiger partial charge in [-0.15, -0.1) is 0 Å². The number of pyridine rings is 2. The SMILES string of the molecule is CCN(CC)c1ccc(NC(=O)c2ccnc(NCc3cccnc3)c2)c(C)c1. The maximum atomic E-state index is 12.7. The lowest BCUT2D eigenvalue weighted by molar-refractivity contribution is 0.102. The molecule has 0 unspecified atom stereocenters. The molecular weight excluding hydrogens is 362 g/mol. The number of aromatic nitrogens is 2. The molecule has 0 saturated carbocycles. The summed E-state index contributed by atoms with van der Waals surface area (Å²) >= 11 is 0. The molecule has 1 amide bonds. The van der Waals surface area contributed by atoms with Crippen LogP contribution in [0.5, 0.6) is 0 Å². The van der Waals surface area contributed by atoms with E-state index in [0.29, 0.717) is 17.9 Å². The van der Waals surface area contributed by atoms with E-state index in [-0.39, 0.29) is 5.91 Å². The monoisotopic (exact) mass is 389 g/mol. The number of benzene rings is 1. The van der Waals surface area contributed by atoms with Crippen molar-refractivity contribution in [1.82, 2.24) is 9.97 Å². The van der Waals surface area contributed by atoms with Crippen LogP contribution in [0.3, 0.4) is 0 Å². The van der Waals surface area contributed by atoms with Crippen LogP contribution < -0.4 is 15.5 Å². The molecular formula is C23H27N5O. The molecule has 150 valence electrons. The summed E-state index contributed by atoms with van der Waals surface area (Å²) in [6, 6.07) is 13.5. The average Bonchev–Trinajstić information content (AvgIpc) is 2.76. The van der Waals surface area contributed by atoms with Gasteiger partial charge in [-0.1, -0.05) is 6.07 Å². The Balaban J connectivity index is 1.68. The Hall–Kier alpha value is -3.41. The van der Waals surface area contributed by atoms with Gasteiger partial charge in [-0.05, 0) is 68.3 Å². The number of nitrogens with one attached hydrogen (secondary N) is 2. The van der Waals surface area contributed by atoms with Crippen LogP contribution >= 0.6 is 0 Å². The highest BCUT2D eigenvalue weighted by molar-refractivity contribution is 6.05. The number of nitrogens with zero attached hydrogens (tertiary/aromatic N) is 3. The van der Waals surface area contributed by atoms with Crippen LogP contribution in [0.1, 0.15) is 35.3 Å². The highest BCUT2D eigenvalue weighted by atomic mass is 16.1. The molecule has 0 aliphatic heterocycles. The fourth-order valence-corrected chi connectivity index (χ4v) is 3.13. The molecule has 1 aromatic carbocycles. The van der Waals surface area contributed by atoms with Crippen LogP contribution in [0.2, 0.25) is 0 Å². The maximum absolute atomic E-state index is 12.7. The minimum atomic E-state index is -0.157. The molecule has 0 aliphatic rings. The quantitative estimate of drug-likeness (QED) is 0.594. The third-order valence-corrected chi connectivity index (χ3v) is 4.81. The molecule has 2 N–H and O–H groups in total. The molecule has 0 saturated heterocycles. The molecule has 0 fully saturated rings. The van der Waals surface area contributed by atoms with E-state index in [4.69, 9.17) is 0 Å². The first-order chi connectivity index (χ1) is 14.1. The first kappa shape index (κ1) is 20.3. The summed E-state index contributed by atoms with van der Waals surface area (Å²) in [6.45, 7) is 8.78. The minimum absolute atomic E-state index is 0.157. The van der Waals surface area contributed by atoms with Gasteiger partial charge >= 0.3 is 0 Å². The van der Waals surface area contributed by atoms with Gasteiger partial charge in [0.15, 0.2) is 0 Å². The molecule has 3 aromatic rings. The van der Waals surface area contributed by atoms with Crippen molar-refractivity contribution in [3.05, 3.63) is 77.7 Å². The van der Waals surface area contributed by atoms with Crippen molar-refractivity contribution in [3.8, 4) is 0 Å². The third kappa shape index (κ3) is 5.31. The Bertz CT molecular complexity index is 954. The Kier molecular flexibility index (Phi) is 6.79. The van der Waals surface area contributed by atoms with Crippen LogP contribution in [0.15, 0.2) is 61.1 Å².